The third-order valence-electron chi connectivity index (χ3n) is 2.65. The van der Waals surface area contributed by atoms with E-state index in [1.807, 2.05) is 18.4 Å². The summed E-state index contributed by atoms with van der Waals surface area (Å²) in [5.41, 5.74) is 0. The zero-order valence-electron chi connectivity index (χ0n) is 10.3. The Balaban J connectivity index is 0.00000162. The standard InChI is InChI=1S/C12H17NO3S.ClH/c1-10(9-13-4-6-15-7-5-13)16-12(14)11-3-2-8-17-11;/h2-3,8,10H,4-7,9H2,1H3;1H/p-1. The largest absolute Gasteiger partial charge is 1.00 e. The van der Waals surface area contributed by atoms with E-state index >= 15 is 0 Å². The highest BCUT2D eigenvalue weighted by Crippen LogP contribution is 2.11. The summed E-state index contributed by atoms with van der Waals surface area (Å²) >= 11 is 1.41. The summed E-state index contributed by atoms with van der Waals surface area (Å²) in [5, 5.41) is 1.88. The van der Waals surface area contributed by atoms with Crippen molar-refractivity contribution in [3.63, 3.8) is 0 Å². The molecular formula is C12H17ClNO3S-. The zero-order chi connectivity index (χ0) is 12.1. The van der Waals surface area contributed by atoms with Crippen LogP contribution in [0.3, 0.4) is 0 Å². The molecule has 102 valence electrons. The normalized spacial score (nSPS) is 17.8. The SMILES string of the molecule is CC(CN1CCOCC1)OC(=O)c1cccs1.[Cl-]. The van der Waals surface area contributed by atoms with Crippen LogP contribution >= 0.6 is 11.3 Å². The smallest absolute Gasteiger partial charge is 0.348 e. The molecule has 0 aromatic carbocycles. The second kappa shape index (κ2) is 7.74. The number of hydrogen-bond donors (Lipinski definition) is 0. The molecule has 0 N–H and O–H groups in total. The van der Waals surface area contributed by atoms with E-state index in [1.165, 1.54) is 11.3 Å². The van der Waals surface area contributed by atoms with Crippen LogP contribution in [0.25, 0.3) is 0 Å². The maximum Gasteiger partial charge on any atom is 0.348 e. The van der Waals surface area contributed by atoms with Crippen molar-refractivity contribution in [3.8, 4) is 0 Å². The van der Waals surface area contributed by atoms with Gasteiger partial charge in [-0.1, -0.05) is 6.07 Å². The van der Waals surface area contributed by atoms with E-state index in [9.17, 15) is 4.79 Å². The molecule has 2 heterocycles. The van der Waals surface area contributed by atoms with Gasteiger partial charge >= 0.3 is 5.97 Å². The summed E-state index contributed by atoms with van der Waals surface area (Å²) in [6.45, 7) is 6.08. The van der Waals surface area contributed by atoms with Crippen molar-refractivity contribution in [1.82, 2.24) is 4.90 Å². The second-order valence-electron chi connectivity index (χ2n) is 4.11. The summed E-state index contributed by atoms with van der Waals surface area (Å²) in [6.07, 6.45) is -0.0808. The highest BCUT2D eigenvalue weighted by molar-refractivity contribution is 7.11. The lowest BCUT2D eigenvalue weighted by molar-refractivity contribution is -0.000555. The number of carbonyl (C=O) groups excluding carboxylic acids is 1. The Kier molecular flexibility index (Phi) is 6.63. The fourth-order valence-electron chi connectivity index (χ4n) is 1.82. The van der Waals surface area contributed by atoms with Crippen LogP contribution in [0.15, 0.2) is 17.5 Å². The van der Waals surface area contributed by atoms with Crippen molar-refractivity contribution in [2.75, 3.05) is 32.8 Å². The molecule has 1 atom stereocenters. The first-order valence-electron chi connectivity index (χ1n) is 5.80. The Labute approximate surface area is 117 Å². The lowest BCUT2D eigenvalue weighted by atomic mass is 10.3. The van der Waals surface area contributed by atoms with Crippen molar-refractivity contribution in [3.05, 3.63) is 22.4 Å². The molecule has 0 bridgehead atoms. The van der Waals surface area contributed by atoms with Crippen LogP contribution in [0.1, 0.15) is 16.6 Å². The van der Waals surface area contributed by atoms with Crippen LogP contribution in [-0.4, -0.2) is 49.8 Å². The number of thiophene rings is 1. The molecule has 0 saturated carbocycles. The van der Waals surface area contributed by atoms with Crippen molar-refractivity contribution in [1.29, 1.82) is 0 Å². The molecule has 0 amide bonds. The minimum Gasteiger partial charge on any atom is -1.00 e. The van der Waals surface area contributed by atoms with Gasteiger partial charge in [-0.25, -0.2) is 4.79 Å². The number of ether oxygens (including phenoxy) is 2. The van der Waals surface area contributed by atoms with Crippen LogP contribution < -0.4 is 12.4 Å². The molecule has 4 nitrogen and oxygen atoms in total. The molecule has 1 aromatic rings. The third-order valence-corrected chi connectivity index (χ3v) is 3.50. The second-order valence-corrected chi connectivity index (χ2v) is 5.05. The molecule has 1 unspecified atom stereocenters. The predicted octanol–water partition coefficient (Wildman–Crippen LogP) is -1.37. The molecule has 1 fully saturated rings. The van der Waals surface area contributed by atoms with Gasteiger partial charge in [-0.05, 0) is 18.4 Å². The molecule has 1 aliphatic rings. The van der Waals surface area contributed by atoms with Crippen LogP contribution in [-0.2, 0) is 9.47 Å². The van der Waals surface area contributed by atoms with Gasteiger partial charge in [0.25, 0.3) is 0 Å². The average Bonchev–Trinajstić information content (AvgIpc) is 2.83. The fraction of sp³-hybridized carbons (Fsp3) is 0.583. The fourth-order valence-corrected chi connectivity index (χ4v) is 2.43. The number of halogens is 1. The van der Waals surface area contributed by atoms with Crippen LogP contribution in [0, 0.1) is 0 Å². The maximum absolute atomic E-state index is 11.7. The van der Waals surface area contributed by atoms with Gasteiger partial charge in [0.15, 0.2) is 0 Å². The molecule has 0 aliphatic carbocycles. The van der Waals surface area contributed by atoms with E-state index < -0.39 is 0 Å². The highest BCUT2D eigenvalue weighted by Gasteiger charge is 2.17. The third kappa shape index (κ3) is 4.57. The molecule has 18 heavy (non-hydrogen) atoms. The molecule has 1 aliphatic heterocycles. The number of carbonyl (C=O) groups is 1. The highest BCUT2D eigenvalue weighted by atomic mass is 35.5. The van der Waals surface area contributed by atoms with Gasteiger partial charge in [0.2, 0.25) is 0 Å². The summed E-state index contributed by atoms with van der Waals surface area (Å²) in [7, 11) is 0. The number of esters is 1. The van der Waals surface area contributed by atoms with E-state index in [1.54, 1.807) is 6.07 Å². The molecule has 1 aromatic heterocycles. The Hall–Kier alpha value is -0.620. The van der Waals surface area contributed by atoms with Gasteiger partial charge in [-0.15, -0.1) is 11.3 Å². The van der Waals surface area contributed by atoms with Crippen molar-refractivity contribution >= 4 is 17.3 Å². The van der Waals surface area contributed by atoms with Gasteiger partial charge in [-0.3, -0.25) is 4.90 Å². The van der Waals surface area contributed by atoms with Crippen molar-refractivity contribution in [2.45, 2.75) is 13.0 Å². The van der Waals surface area contributed by atoms with Crippen LogP contribution in [0.4, 0.5) is 0 Å². The summed E-state index contributed by atoms with van der Waals surface area (Å²) in [5.74, 6) is -0.222. The lowest BCUT2D eigenvalue weighted by Gasteiger charge is -2.28. The van der Waals surface area contributed by atoms with Crippen molar-refractivity contribution < 1.29 is 26.7 Å². The Morgan fingerprint density at radius 1 is 1.56 bits per heavy atom. The average molecular weight is 291 g/mol. The zero-order valence-corrected chi connectivity index (χ0v) is 11.9. The number of hydrogen-bond acceptors (Lipinski definition) is 5. The molecular weight excluding hydrogens is 274 g/mol. The number of rotatable bonds is 4. The lowest BCUT2D eigenvalue weighted by Crippen LogP contribution is -3.00. The molecule has 2 rings (SSSR count). The van der Waals surface area contributed by atoms with E-state index in [4.69, 9.17) is 9.47 Å². The van der Waals surface area contributed by atoms with Crippen LogP contribution in [0.2, 0.25) is 0 Å². The van der Waals surface area contributed by atoms with E-state index in [2.05, 4.69) is 4.90 Å². The van der Waals surface area contributed by atoms with E-state index in [0.717, 1.165) is 32.8 Å². The van der Waals surface area contributed by atoms with Gasteiger partial charge in [-0.2, -0.15) is 0 Å². The summed E-state index contributed by atoms with van der Waals surface area (Å²) in [4.78, 5) is 14.6. The van der Waals surface area contributed by atoms with Crippen LogP contribution in [0.5, 0.6) is 0 Å². The predicted molar refractivity (Wildman–Crippen MR) is 66.5 cm³/mol. The minimum absolute atomic E-state index is 0. The molecule has 1 saturated heterocycles. The quantitative estimate of drug-likeness (QED) is 0.642. The van der Waals surface area contributed by atoms with Gasteiger partial charge in [0, 0.05) is 19.6 Å². The van der Waals surface area contributed by atoms with E-state index in [0.29, 0.717) is 4.88 Å². The number of morpholine rings is 1. The monoisotopic (exact) mass is 290 g/mol. The Bertz CT molecular complexity index is 352. The first-order valence-corrected chi connectivity index (χ1v) is 6.68. The minimum atomic E-state index is -0.222. The molecule has 6 heteroatoms. The van der Waals surface area contributed by atoms with Crippen molar-refractivity contribution in [2.24, 2.45) is 0 Å². The first-order chi connectivity index (χ1) is 8.25. The molecule has 0 radical (unpaired) electrons. The Morgan fingerprint density at radius 2 is 2.28 bits per heavy atom. The van der Waals surface area contributed by atoms with Gasteiger partial charge < -0.3 is 21.9 Å². The number of nitrogens with zero attached hydrogens (tertiary/aromatic N) is 1. The maximum atomic E-state index is 11.7. The Morgan fingerprint density at radius 3 is 2.89 bits per heavy atom. The van der Waals surface area contributed by atoms with E-state index in [-0.39, 0.29) is 24.5 Å². The van der Waals surface area contributed by atoms with Gasteiger partial charge in [0.1, 0.15) is 11.0 Å². The first kappa shape index (κ1) is 15.4. The topological polar surface area (TPSA) is 38.8 Å². The summed E-state index contributed by atoms with van der Waals surface area (Å²) in [6, 6.07) is 3.64. The molecule has 0 spiro atoms. The summed E-state index contributed by atoms with van der Waals surface area (Å²) < 4.78 is 10.7. The van der Waals surface area contributed by atoms with Gasteiger partial charge in [0.05, 0.1) is 13.2 Å².